The van der Waals surface area contributed by atoms with Crippen LogP contribution in [-0.2, 0) is 14.2 Å². The van der Waals surface area contributed by atoms with Crippen molar-refractivity contribution >= 4 is 11.7 Å². The highest BCUT2D eigenvalue weighted by Gasteiger charge is 2.16. The van der Waals surface area contributed by atoms with Gasteiger partial charge in [-0.1, -0.05) is 0 Å². The first-order valence-corrected chi connectivity index (χ1v) is 6.04. The molecule has 0 aliphatic heterocycles. The summed E-state index contributed by atoms with van der Waals surface area (Å²) < 4.78 is 41.3. The first-order valence-electron chi connectivity index (χ1n) is 6.04. The normalized spacial score (nSPS) is 10.6. The Labute approximate surface area is 115 Å². The first kappa shape index (κ1) is 16.3. The van der Waals surface area contributed by atoms with Crippen molar-refractivity contribution < 1.29 is 27.8 Å². The Morgan fingerprint density at radius 2 is 1.90 bits per heavy atom. The number of carbonyl (C=O) groups is 1. The van der Waals surface area contributed by atoms with Crippen LogP contribution in [-0.4, -0.2) is 39.5 Å². The fourth-order valence-electron chi connectivity index (χ4n) is 1.40. The molecule has 0 aromatic heterocycles. The third-order valence-electron chi connectivity index (χ3n) is 2.40. The molecule has 5 nitrogen and oxygen atoms in total. The van der Waals surface area contributed by atoms with Gasteiger partial charge in [-0.25, -0.2) is 13.6 Å². The number of hydrogen-bond donors (Lipinski definition) is 1. The summed E-state index contributed by atoms with van der Waals surface area (Å²) in [7, 11) is 1.59. The van der Waals surface area contributed by atoms with Gasteiger partial charge in [0.05, 0.1) is 17.9 Å². The van der Waals surface area contributed by atoms with Crippen LogP contribution < -0.4 is 5.73 Å². The molecule has 0 bridgehead atoms. The molecule has 0 spiro atoms. The van der Waals surface area contributed by atoms with Crippen molar-refractivity contribution in [2.24, 2.45) is 0 Å². The lowest BCUT2D eigenvalue weighted by atomic mass is 10.2. The zero-order valence-electron chi connectivity index (χ0n) is 11.2. The number of methoxy groups -OCH3 is 1. The number of anilines is 1. The largest absolute Gasteiger partial charge is 0.460 e. The van der Waals surface area contributed by atoms with Crippen molar-refractivity contribution in [3.8, 4) is 0 Å². The van der Waals surface area contributed by atoms with E-state index in [2.05, 4.69) is 0 Å². The number of esters is 1. The van der Waals surface area contributed by atoms with E-state index in [9.17, 15) is 13.6 Å². The molecule has 0 fully saturated rings. The molecule has 0 amide bonds. The zero-order valence-corrected chi connectivity index (χ0v) is 11.2. The summed E-state index contributed by atoms with van der Waals surface area (Å²) in [6, 6.07) is 1.46. The average molecular weight is 289 g/mol. The number of benzene rings is 1. The summed E-state index contributed by atoms with van der Waals surface area (Å²) in [4.78, 5) is 11.5. The topological polar surface area (TPSA) is 70.8 Å². The molecule has 7 heteroatoms. The number of ether oxygens (including phenoxy) is 3. The second-order valence-corrected chi connectivity index (χ2v) is 3.95. The van der Waals surface area contributed by atoms with Gasteiger partial charge in [0, 0.05) is 26.4 Å². The molecule has 0 saturated carbocycles. The van der Waals surface area contributed by atoms with Crippen molar-refractivity contribution in [2.75, 3.05) is 39.3 Å². The molecular weight excluding hydrogens is 272 g/mol. The van der Waals surface area contributed by atoms with E-state index >= 15 is 0 Å². The monoisotopic (exact) mass is 289 g/mol. The lowest BCUT2D eigenvalue weighted by Gasteiger charge is -2.07. The van der Waals surface area contributed by atoms with Crippen LogP contribution in [0.4, 0.5) is 14.5 Å². The maximum atomic E-state index is 13.4. The second-order valence-electron chi connectivity index (χ2n) is 3.95. The summed E-state index contributed by atoms with van der Waals surface area (Å²) in [5.74, 6) is -2.74. The number of hydrogen-bond acceptors (Lipinski definition) is 5. The highest BCUT2D eigenvalue weighted by Crippen LogP contribution is 2.17. The highest BCUT2D eigenvalue weighted by molar-refractivity contribution is 5.90. The van der Waals surface area contributed by atoms with Crippen molar-refractivity contribution in [2.45, 2.75) is 6.42 Å². The Kier molecular flexibility index (Phi) is 6.89. The Morgan fingerprint density at radius 1 is 1.15 bits per heavy atom. The lowest BCUT2D eigenvalue weighted by molar-refractivity contribution is 0.0283. The molecule has 1 aromatic rings. The summed E-state index contributed by atoms with van der Waals surface area (Å²) in [6.45, 7) is 1.18. The van der Waals surface area contributed by atoms with Crippen LogP contribution in [0.1, 0.15) is 16.8 Å². The molecule has 0 aliphatic rings. The molecule has 0 unspecified atom stereocenters. The van der Waals surface area contributed by atoms with E-state index in [0.717, 1.165) is 12.5 Å². The van der Waals surface area contributed by atoms with Gasteiger partial charge in [0.1, 0.15) is 18.2 Å². The van der Waals surface area contributed by atoms with E-state index in [0.29, 0.717) is 19.3 Å². The van der Waals surface area contributed by atoms with Crippen LogP contribution in [0.2, 0.25) is 0 Å². The van der Waals surface area contributed by atoms with E-state index in [1.165, 1.54) is 0 Å². The number of carbonyl (C=O) groups excluding carboxylic acids is 1. The number of halogens is 2. The zero-order chi connectivity index (χ0) is 15.0. The molecule has 1 rings (SSSR count). The van der Waals surface area contributed by atoms with E-state index in [1.54, 1.807) is 7.11 Å². The van der Waals surface area contributed by atoms with Crippen LogP contribution in [0, 0.1) is 11.6 Å². The summed E-state index contributed by atoms with van der Waals surface area (Å²) in [6.07, 6.45) is 0.724. The minimum atomic E-state index is -0.957. The Bertz CT molecular complexity index is 454. The quantitative estimate of drug-likeness (QED) is 0.448. The van der Waals surface area contributed by atoms with Gasteiger partial charge in [-0.2, -0.15) is 0 Å². The third kappa shape index (κ3) is 5.10. The van der Waals surface area contributed by atoms with Crippen molar-refractivity contribution in [1.29, 1.82) is 0 Å². The molecule has 2 N–H and O–H groups in total. The molecule has 0 saturated heterocycles. The molecule has 0 aliphatic carbocycles. The first-order chi connectivity index (χ1) is 9.56. The van der Waals surface area contributed by atoms with Crippen molar-refractivity contribution in [1.82, 2.24) is 0 Å². The highest BCUT2D eigenvalue weighted by atomic mass is 19.1. The average Bonchev–Trinajstić information content (AvgIpc) is 2.41. The van der Waals surface area contributed by atoms with Gasteiger partial charge >= 0.3 is 5.97 Å². The molecular formula is C13H17F2NO4. The predicted octanol–water partition coefficient (Wildman–Crippen LogP) is 1.76. The van der Waals surface area contributed by atoms with E-state index in [1.807, 2.05) is 0 Å². The van der Waals surface area contributed by atoms with Gasteiger partial charge in [-0.3, -0.25) is 0 Å². The van der Waals surface area contributed by atoms with Gasteiger partial charge in [-0.05, 0) is 12.5 Å². The third-order valence-corrected chi connectivity index (χ3v) is 2.40. The fourth-order valence-corrected chi connectivity index (χ4v) is 1.40. The fraction of sp³-hybridized carbons (Fsp3) is 0.462. The maximum Gasteiger partial charge on any atom is 0.341 e. The summed E-state index contributed by atoms with van der Waals surface area (Å²) in [5.41, 5.74) is 4.32. The van der Waals surface area contributed by atoms with E-state index in [4.69, 9.17) is 19.9 Å². The smallest absolute Gasteiger partial charge is 0.341 e. The minimum absolute atomic E-state index is 0.0444. The van der Waals surface area contributed by atoms with Crippen LogP contribution >= 0.6 is 0 Å². The summed E-state index contributed by atoms with van der Waals surface area (Å²) >= 11 is 0. The minimum Gasteiger partial charge on any atom is -0.460 e. The van der Waals surface area contributed by atoms with Gasteiger partial charge in [0.2, 0.25) is 0 Å². The number of rotatable bonds is 8. The maximum absolute atomic E-state index is 13.4. The molecule has 1 aromatic carbocycles. The molecule has 20 heavy (non-hydrogen) atoms. The van der Waals surface area contributed by atoms with Gasteiger partial charge in [-0.15, -0.1) is 0 Å². The Balaban J connectivity index is 2.34. The van der Waals surface area contributed by atoms with Gasteiger partial charge in [0.15, 0.2) is 0 Å². The van der Waals surface area contributed by atoms with Crippen LogP contribution in [0.25, 0.3) is 0 Å². The molecule has 0 heterocycles. The molecule has 112 valence electrons. The number of nitrogen functional groups attached to an aromatic ring is 1. The van der Waals surface area contributed by atoms with Crippen molar-refractivity contribution in [3.63, 3.8) is 0 Å². The van der Waals surface area contributed by atoms with E-state index in [-0.39, 0.29) is 18.9 Å². The second kappa shape index (κ2) is 8.44. The number of nitrogens with two attached hydrogens (primary N) is 1. The molecule has 0 radical (unpaired) electrons. The summed E-state index contributed by atoms with van der Waals surface area (Å²) in [5, 5.41) is 0. The molecule has 0 atom stereocenters. The van der Waals surface area contributed by atoms with Crippen LogP contribution in [0.5, 0.6) is 0 Å². The van der Waals surface area contributed by atoms with Crippen LogP contribution in [0.3, 0.4) is 0 Å². The standard InChI is InChI=1S/C13H17F2NO4/c1-18-3-2-4-19-5-6-20-13(17)9-7-11(15)12(16)8-10(9)14/h7-8H,2-6,16H2,1H3. The predicted molar refractivity (Wildman–Crippen MR) is 68.4 cm³/mol. The lowest BCUT2D eigenvalue weighted by Crippen LogP contribution is -2.13. The van der Waals surface area contributed by atoms with Gasteiger partial charge in [0.25, 0.3) is 0 Å². The Hall–Kier alpha value is -1.73. The Morgan fingerprint density at radius 3 is 2.60 bits per heavy atom. The van der Waals surface area contributed by atoms with E-state index < -0.39 is 23.2 Å². The van der Waals surface area contributed by atoms with Crippen LogP contribution in [0.15, 0.2) is 12.1 Å². The van der Waals surface area contributed by atoms with Crippen molar-refractivity contribution in [3.05, 3.63) is 29.3 Å². The van der Waals surface area contributed by atoms with Gasteiger partial charge < -0.3 is 19.9 Å². The SMILES string of the molecule is COCCCOCCOC(=O)c1cc(F)c(N)cc1F.